The zero-order chi connectivity index (χ0) is 9.84. The molecule has 13 heavy (non-hydrogen) atoms. The molecular weight excluding hydrogens is 192 g/mol. The average molecular weight is 200 g/mol. The topological polar surface area (TPSA) is 75.1 Å². The van der Waals surface area contributed by atoms with Crippen molar-refractivity contribution in [3.05, 3.63) is 17.8 Å². The van der Waals surface area contributed by atoms with Gasteiger partial charge >= 0.3 is 5.97 Å². The van der Waals surface area contributed by atoms with Crippen LogP contribution in [0.2, 0.25) is 0 Å². The molecule has 1 aromatic heterocycles. The van der Waals surface area contributed by atoms with Gasteiger partial charge in [-0.1, -0.05) is 5.10 Å². The van der Waals surface area contributed by atoms with E-state index in [-0.39, 0.29) is 5.69 Å². The predicted molar refractivity (Wildman–Crippen MR) is 45.7 cm³/mol. The number of carbonyl (C=O) groups is 1. The molecule has 5 nitrogen and oxygen atoms in total. The normalized spacial score (nSPS) is 12.2. The minimum atomic E-state index is -1.18. The summed E-state index contributed by atoms with van der Waals surface area (Å²) in [7, 11) is 1.26. The minimum absolute atomic E-state index is 0.108. The number of hydrogen-bond acceptors (Lipinski definition) is 5. The molecule has 1 rings (SSSR count). The maximum Gasteiger partial charge on any atom is 0.358 e. The van der Waals surface area contributed by atoms with Crippen molar-refractivity contribution in [2.45, 2.75) is 5.03 Å². The number of nitrogens with zero attached hydrogens (tertiary/aromatic N) is 2. The lowest BCUT2D eigenvalue weighted by molar-refractivity contribution is 0.0592. The van der Waals surface area contributed by atoms with Crippen molar-refractivity contribution in [1.29, 1.82) is 0 Å². The first-order chi connectivity index (χ1) is 6.15. The molecule has 0 aromatic carbocycles. The Morgan fingerprint density at radius 2 is 2.23 bits per heavy atom. The molecule has 0 N–H and O–H groups in total. The lowest BCUT2D eigenvalue weighted by Crippen LogP contribution is -2.08. The van der Waals surface area contributed by atoms with Crippen LogP contribution >= 0.6 is 0 Å². The zero-order valence-electron chi connectivity index (χ0n) is 7.18. The second-order valence-electron chi connectivity index (χ2n) is 2.20. The summed E-state index contributed by atoms with van der Waals surface area (Å²) in [6, 6.07) is 2.91. The molecule has 0 amide bonds. The van der Waals surface area contributed by atoms with Gasteiger partial charge in [-0.05, 0) is 6.07 Å². The average Bonchev–Trinajstić information content (AvgIpc) is 2.17. The molecule has 0 aliphatic carbocycles. The van der Waals surface area contributed by atoms with Crippen LogP contribution in [0.5, 0.6) is 0 Å². The van der Waals surface area contributed by atoms with Gasteiger partial charge < -0.3 is 9.29 Å². The maximum absolute atomic E-state index is 10.9. The van der Waals surface area contributed by atoms with Crippen molar-refractivity contribution in [2.75, 3.05) is 13.4 Å². The summed E-state index contributed by atoms with van der Waals surface area (Å²) in [5, 5.41) is 7.49. The Hall–Kier alpha value is -1.14. The largest absolute Gasteiger partial charge is 0.610 e. The van der Waals surface area contributed by atoms with Gasteiger partial charge in [0.05, 0.1) is 7.11 Å². The highest BCUT2D eigenvalue weighted by molar-refractivity contribution is 7.90. The predicted octanol–water partition coefficient (Wildman–Crippen LogP) is 0.000600. The lowest BCUT2D eigenvalue weighted by atomic mass is 10.4. The van der Waals surface area contributed by atoms with Crippen LogP contribution in [0.3, 0.4) is 0 Å². The fraction of sp³-hybridized carbons (Fsp3) is 0.286. The first-order valence-electron chi connectivity index (χ1n) is 3.40. The van der Waals surface area contributed by atoms with E-state index in [1.54, 1.807) is 0 Å². The first kappa shape index (κ1) is 9.94. The fourth-order valence-electron chi connectivity index (χ4n) is 0.687. The van der Waals surface area contributed by atoms with Crippen molar-refractivity contribution < 1.29 is 14.1 Å². The van der Waals surface area contributed by atoms with Gasteiger partial charge in [-0.25, -0.2) is 4.79 Å². The molecule has 1 unspecified atom stereocenters. The Kier molecular flexibility index (Phi) is 3.21. The fourth-order valence-corrected chi connectivity index (χ4v) is 1.10. The van der Waals surface area contributed by atoms with Gasteiger partial charge in [-0.3, -0.25) is 0 Å². The van der Waals surface area contributed by atoms with E-state index in [2.05, 4.69) is 14.9 Å². The monoisotopic (exact) mass is 200 g/mol. The smallest absolute Gasteiger partial charge is 0.358 e. The molecule has 1 heterocycles. The first-order valence-corrected chi connectivity index (χ1v) is 4.96. The van der Waals surface area contributed by atoms with Crippen molar-refractivity contribution in [3.63, 3.8) is 0 Å². The Morgan fingerprint density at radius 3 is 2.62 bits per heavy atom. The Bertz CT molecular complexity index is 299. The van der Waals surface area contributed by atoms with Crippen molar-refractivity contribution in [1.82, 2.24) is 10.2 Å². The summed E-state index contributed by atoms with van der Waals surface area (Å²) in [6.45, 7) is 0. The van der Waals surface area contributed by atoms with E-state index in [4.69, 9.17) is 0 Å². The molecule has 70 valence electrons. The van der Waals surface area contributed by atoms with Crippen LogP contribution in [0.1, 0.15) is 10.5 Å². The van der Waals surface area contributed by atoms with Crippen LogP contribution in [-0.4, -0.2) is 34.1 Å². The molecule has 0 spiro atoms. The number of ether oxygens (including phenoxy) is 1. The molecule has 0 aliphatic heterocycles. The van der Waals surface area contributed by atoms with E-state index in [9.17, 15) is 9.35 Å². The molecule has 0 saturated heterocycles. The minimum Gasteiger partial charge on any atom is -0.610 e. The second-order valence-corrected chi connectivity index (χ2v) is 3.53. The van der Waals surface area contributed by atoms with Gasteiger partial charge in [0.2, 0.25) is 0 Å². The highest BCUT2D eigenvalue weighted by Crippen LogP contribution is 2.04. The molecule has 1 aromatic rings. The third-order valence-corrected chi connectivity index (χ3v) is 2.14. The zero-order valence-corrected chi connectivity index (χ0v) is 8.00. The maximum atomic E-state index is 10.9. The number of hydrogen-bond donors (Lipinski definition) is 0. The summed E-state index contributed by atoms with van der Waals surface area (Å²) in [5.41, 5.74) is 0.108. The summed E-state index contributed by atoms with van der Waals surface area (Å²) in [6.07, 6.45) is 1.49. The van der Waals surface area contributed by atoms with E-state index in [1.165, 1.54) is 25.5 Å². The van der Waals surface area contributed by atoms with Crippen LogP contribution in [0, 0.1) is 0 Å². The van der Waals surface area contributed by atoms with Crippen LogP contribution in [0.25, 0.3) is 0 Å². The lowest BCUT2D eigenvalue weighted by Gasteiger charge is -2.01. The van der Waals surface area contributed by atoms with Gasteiger partial charge in [-0.2, -0.15) is 0 Å². The van der Waals surface area contributed by atoms with Crippen LogP contribution in [0.15, 0.2) is 17.2 Å². The summed E-state index contributed by atoms with van der Waals surface area (Å²) in [4.78, 5) is 10.9. The summed E-state index contributed by atoms with van der Waals surface area (Å²) < 4.78 is 15.3. The quantitative estimate of drug-likeness (QED) is 0.496. The molecule has 1 atom stereocenters. The van der Waals surface area contributed by atoms with Gasteiger partial charge in [-0.15, -0.1) is 5.10 Å². The molecule has 0 fully saturated rings. The van der Waals surface area contributed by atoms with E-state index in [1.807, 2.05) is 0 Å². The van der Waals surface area contributed by atoms with Crippen molar-refractivity contribution in [3.8, 4) is 0 Å². The van der Waals surface area contributed by atoms with Crippen LogP contribution < -0.4 is 0 Å². The van der Waals surface area contributed by atoms with Gasteiger partial charge in [0.1, 0.15) is 6.26 Å². The molecule has 0 bridgehead atoms. The Labute approximate surface area is 78.3 Å². The van der Waals surface area contributed by atoms with E-state index >= 15 is 0 Å². The highest BCUT2D eigenvalue weighted by atomic mass is 32.2. The molecule has 0 saturated carbocycles. The van der Waals surface area contributed by atoms with Gasteiger partial charge in [0.25, 0.3) is 5.03 Å². The number of methoxy groups -OCH3 is 1. The molecule has 0 radical (unpaired) electrons. The summed E-state index contributed by atoms with van der Waals surface area (Å²) in [5.74, 6) is -0.555. The third kappa shape index (κ3) is 2.40. The number of rotatable bonds is 2. The number of esters is 1. The molecular formula is C7H8N2O3S. The SMILES string of the molecule is COC(=O)c1ccc([S+](C)[O-])nn1. The highest BCUT2D eigenvalue weighted by Gasteiger charge is 2.11. The van der Waals surface area contributed by atoms with E-state index in [0.717, 1.165) is 0 Å². The van der Waals surface area contributed by atoms with Crippen molar-refractivity contribution in [2.24, 2.45) is 0 Å². The summed E-state index contributed by atoms with van der Waals surface area (Å²) >= 11 is -1.18. The number of aromatic nitrogens is 2. The molecule has 6 heteroatoms. The molecule has 0 aliphatic rings. The second kappa shape index (κ2) is 4.20. The van der Waals surface area contributed by atoms with Gasteiger partial charge in [0.15, 0.2) is 5.69 Å². The number of carbonyl (C=O) groups excluding carboxylic acids is 1. The standard InChI is InChI=1S/C7H8N2O3S/c1-12-7(10)5-3-4-6(9-8-5)13(2)11/h3-4H,1-2H3. The van der Waals surface area contributed by atoms with E-state index < -0.39 is 17.1 Å². The van der Waals surface area contributed by atoms with Crippen molar-refractivity contribution >= 4 is 17.1 Å². The van der Waals surface area contributed by atoms with Crippen LogP contribution in [0.4, 0.5) is 0 Å². The third-order valence-electron chi connectivity index (χ3n) is 1.33. The Balaban J connectivity index is 2.87. The van der Waals surface area contributed by atoms with Gasteiger partial charge in [0, 0.05) is 17.2 Å². The van der Waals surface area contributed by atoms with Crippen LogP contribution in [-0.2, 0) is 15.9 Å². The Morgan fingerprint density at radius 1 is 1.54 bits per heavy atom. The van der Waals surface area contributed by atoms with E-state index in [0.29, 0.717) is 5.03 Å².